The summed E-state index contributed by atoms with van der Waals surface area (Å²) < 4.78 is 10.5. The monoisotopic (exact) mass is 370 g/mol. The molecule has 1 fully saturated rings. The maximum atomic E-state index is 13.0. The maximum absolute atomic E-state index is 13.0. The van der Waals surface area contributed by atoms with Gasteiger partial charge in [-0.3, -0.25) is 9.78 Å². The van der Waals surface area contributed by atoms with Crippen molar-refractivity contribution >= 4 is 5.91 Å². The van der Waals surface area contributed by atoms with Gasteiger partial charge in [-0.25, -0.2) is 0 Å². The molecule has 1 aromatic heterocycles. The van der Waals surface area contributed by atoms with Crippen molar-refractivity contribution in [1.29, 1.82) is 0 Å². The van der Waals surface area contributed by atoms with Crippen LogP contribution in [0, 0.1) is 0 Å². The van der Waals surface area contributed by atoms with Gasteiger partial charge in [-0.05, 0) is 43.0 Å². The number of aliphatic hydroxyl groups is 1. The summed E-state index contributed by atoms with van der Waals surface area (Å²) in [5.74, 6) is 1.37. The minimum absolute atomic E-state index is 0.0202. The number of carbonyl (C=O) groups excluding carboxylic acids is 1. The molecule has 6 nitrogen and oxygen atoms in total. The zero-order valence-corrected chi connectivity index (χ0v) is 15.8. The third kappa shape index (κ3) is 4.39. The van der Waals surface area contributed by atoms with Gasteiger partial charge in [0.2, 0.25) is 5.91 Å². The molecule has 2 unspecified atom stereocenters. The lowest BCUT2D eigenvalue weighted by molar-refractivity contribution is -0.137. The van der Waals surface area contributed by atoms with Gasteiger partial charge in [0.25, 0.3) is 0 Å². The van der Waals surface area contributed by atoms with E-state index in [1.807, 2.05) is 29.2 Å². The molecule has 1 aromatic carbocycles. The van der Waals surface area contributed by atoms with E-state index < -0.39 is 6.10 Å². The zero-order chi connectivity index (χ0) is 19.2. The number of benzene rings is 1. The highest BCUT2D eigenvalue weighted by Gasteiger charge is 2.34. The Morgan fingerprint density at radius 3 is 2.70 bits per heavy atom. The highest BCUT2D eigenvalue weighted by Crippen LogP contribution is 2.33. The minimum Gasteiger partial charge on any atom is -0.497 e. The Balaban J connectivity index is 1.76. The van der Waals surface area contributed by atoms with Crippen LogP contribution in [0.25, 0.3) is 0 Å². The number of pyridine rings is 1. The molecular weight excluding hydrogens is 344 g/mol. The van der Waals surface area contributed by atoms with E-state index in [1.54, 1.807) is 32.7 Å². The summed E-state index contributed by atoms with van der Waals surface area (Å²) in [7, 11) is 3.19. The molecule has 1 amide bonds. The quantitative estimate of drug-likeness (QED) is 0.847. The van der Waals surface area contributed by atoms with Crippen molar-refractivity contribution in [2.45, 2.75) is 37.8 Å². The van der Waals surface area contributed by atoms with Gasteiger partial charge in [-0.1, -0.05) is 12.1 Å². The topological polar surface area (TPSA) is 71.9 Å². The lowest BCUT2D eigenvalue weighted by Crippen LogP contribution is -2.47. The predicted octanol–water partition coefficient (Wildman–Crippen LogP) is 2.76. The Hall–Kier alpha value is -2.60. The average molecular weight is 370 g/mol. The summed E-state index contributed by atoms with van der Waals surface area (Å²) in [4.78, 5) is 18.9. The van der Waals surface area contributed by atoms with Crippen molar-refractivity contribution in [2.75, 3.05) is 20.8 Å². The third-order valence-electron chi connectivity index (χ3n) is 5.10. The molecule has 6 heteroatoms. The molecule has 0 aliphatic carbocycles. The van der Waals surface area contributed by atoms with Crippen LogP contribution < -0.4 is 9.47 Å². The molecule has 1 saturated heterocycles. The lowest BCUT2D eigenvalue weighted by atomic mass is 9.92. The van der Waals surface area contributed by atoms with E-state index in [0.717, 1.165) is 30.6 Å². The van der Waals surface area contributed by atoms with Gasteiger partial charge >= 0.3 is 0 Å². The first-order chi connectivity index (χ1) is 13.1. The fourth-order valence-corrected chi connectivity index (χ4v) is 3.62. The van der Waals surface area contributed by atoms with Gasteiger partial charge in [0.15, 0.2) is 0 Å². The second kappa shape index (κ2) is 8.86. The van der Waals surface area contributed by atoms with Crippen LogP contribution in [0.1, 0.15) is 36.5 Å². The van der Waals surface area contributed by atoms with Crippen molar-refractivity contribution in [3.8, 4) is 11.5 Å². The number of hydrogen-bond donors (Lipinski definition) is 1. The summed E-state index contributed by atoms with van der Waals surface area (Å²) in [5.41, 5.74) is 1.55. The van der Waals surface area contributed by atoms with Crippen molar-refractivity contribution in [3.05, 3.63) is 53.9 Å². The summed E-state index contributed by atoms with van der Waals surface area (Å²) in [5, 5.41) is 11.0. The Kier molecular flexibility index (Phi) is 6.29. The number of hydrogen-bond acceptors (Lipinski definition) is 5. The first-order valence-corrected chi connectivity index (χ1v) is 9.22. The molecule has 0 saturated carbocycles. The van der Waals surface area contributed by atoms with Crippen LogP contribution in [0.3, 0.4) is 0 Å². The number of rotatable bonds is 6. The Labute approximate surface area is 159 Å². The van der Waals surface area contributed by atoms with E-state index in [4.69, 9.17) is 9.47 Å². The van der Waals surface area contributed by atoms with E-state index in [2.05, 4.69) is 4.98 Å². The SMILES string of the molecule is COc1ccc(CC(=O)N2CCCCC2C(O)c2cnccc2OC)cc1. The Morgan fingerprint density at radius 2 is 2.00 bits per heavy atom. The van der Waals surface area contributed by atoms with Crippen LogP contribution in [-0.2, 0) is 11.2 Å². The maximum Gasteiger partial charge on any atom is 0.227 e. The molecule has 1 N–H and O–H groups in total. The molecule has 2 atom stereocenters. The van der Waals surface area contributed by atoms with Crippen LogP contribution in [-0.4, -0.2) is 47.7 Å². The lowest BCUT2D eigenvalue weighted by Gasteiger charge is -2.39. The fourth-order valence-electron chi connectivity index (χ4n) is 3.62. The molecule has 1 aliphatic rings. The van der Waals surface area contributed by atoms with Crippen molar-refractivity contribution < 1.29 is 19.4 Å². The highest BCUT2D eigenvalue weighted by atomic mass is 16.5. The van der Waals surface area contributed by atoms with Crippen LogP contribution in [0.5, 0.6) is 11.5 Å². The van der Waals surface area contributed by atoms with Gasteiger partial charge in [0.1, 0.15) is 17.6 Å². The molecule has 144 valence electrons. The normalized spacial score (nSPS) is 18.0. The molecule has 27 heavy (non-hydrogen) atoms. The number of likely N-dealkylation sites (tertiary alicyclic amines) is 1. The Bertz CT molecular complexity index is 763. The first kappa shape index (κ1) is 19.2. The number of piperidine rings is 1. The third-order valence-corrected chi connectivity index (χ3v) is 5.10. The van der Waals surface area contributed by atoms with E-state index in [0.29, 0.717) is 24.3 Å². The average Bonchev–Trinajstić information content (AvgIpc) is 2.73. The number of ether oxygens (including phenoxy) is 2. The van der Waals surface area contributed by atoms with Crippen molar-refractivity contribution in [3.63, 3.8) is 0 Å². The molecule has 0 spiro atoms. The number of aliphatic hydroxyl groups excluding tert-OH is 1. The standard InChI is InChI=1S/C21H26N2O4/c1-26-16-8-6-15(7-9-16)13-20(24)23-12-4-3-5-18(23)21(25)17-14-22-11-10-19(17)27-2/h6-11,14,18,21,25H,3-5,12-13H2,1-2H3. The summed E-state index contributed by atoms with van der Waals surface area (Å²) in [6.07, 6.45) is 5.41. The van der Waals surface area contributed by atoms with E-state index in [9.17, 15) is 9.90 Å². The van der Waals surface area contributed by atoms with Gasteiger partial charge in [-0.2, -0.15) is 0 Å². The molecule has 0 bridgehead atoms. The van der Waals surface area contributed by atoms with Crippen molar-refractivity contribution in [1.82, 2.24) is 9.88 Å². The predicted molar refractivity (Wildman–Crippen MR) is 102 cm³/mol. The number of aromatic nitrogens is 1. The molecule has 3 rings (SSSR count). The zero-order valence-electron chi connectivity index (χ0n) is 15.8. The molecule has 2 aromatic rings. The molecule has 0 radical (unpaired) electrons. The van der Waals surface area contributed by atoms with E-state index >= 15 is 0 Å². The van der Waals surface area contributed by atoms with Gasteiger partial charge < -0.3 is 19.5 Å². The van der Waals surface area contributed by atoms with E-state index in [1.165, 1.54) is 0 Å². The highest BCUT2D eigenvalue weighted by molar-refractivity contribution is 5.79. The second-order valence-electron chi connectivity index (χ2n) is 6.74. The fraction of sp³-hybridized carbons (Fsp3) is 0.429. The summed E-state index contributed by atoms with van der Waals surface area (Å²) in [6, 6.07) is 8.96. The smallest absolute Gasteiger partial charge is 0.227 e. The van der Waals surface area contributed by atoms with Crippen LogP contribution in [0.15, 0.2) is 42.7 Å². The van der Waals surface area contributed by atoms with E-state index in [-0.39, 0.29) is 11.9 Å². The number of methoxy groups -OCH3 is 2. The molecule has 2 heterocycles. The molecule has 1 aliphatic heterocycles. The Morgan fingerprint density at radius 1 is 1.22 bits per heavy atom. The van der Waals surface area contributed by atoms with Crippen LogP contribution in [0.2, 0.25) is 0 Å². The van der Waals surface area contributed by atoms with Crippen molar-refractivity contribution in [2.24, 2.45) is 0 Å². The summed E-state index contributed by atoms with van der Waals surface area (Å²) in [6.45, 7) is 0.652. The van der Waals surface area contributed by atoms with Gasteiger partial charge in [-0.15, -0.1) is 0 Å². The summed E-state index contributed by atoms with van der Waals surface area (Å²) >= 11 is 0. The van der Waals surface area contributed by atoms with Crippen LogP contribution >= 0.6 is 0 Å². The van der Waals surface area contributed by atoms with Gasteiger partial charge in [0.05, 0.1) is 26.7 Å². The minimum atomic E-state index is -0.825. The largest absolute Gasteiger partial charge is 0.497 e. The number of carbonyl (C=O) groups is 1. The number of nitrogens with zero attached hydrogens (tertiary/aromatic N) is 2. The first-order valence-electron chi connectivity index (χ1n) is 9.22. The van der Waals surface area contributed by atoms with Crippen LogP contribution in [0.4, 0.5) is 0 Å². The number of amides is 1. The van der Waals surface area contributed by atoms with Gasteiger partial charge in [0, 0.05) is 24.5 Å². The second-order valence-corrected chi connectivity index (χ2v) is 6.74. The molecular formula is C21H26N2O4.